The van der Waals surface area contributed by atoms with Gasteiger partial charge in [0.1, 0.15) is 11.3 Å². The minimum atomic E-state index is -0.853. The van der Waals surface area contributed by atoms with Gasteiger partial charge in [0.25, 0.3) is 0 Å². The summed E-state index contributed by atoms with van der Waals surface area (Å²) >= 11 is 12.1. The van der Waals surface area contributed by atoms with Crippen LogP contribution >= 0.6 is 23.2 Å². The predicted molar refractivity (Wildman–Crippen MR) is 92.9 cm³/mol. The van der Waals surface area contributed by atoms with Gasteiger partial charge >= 0.3 is 0 Å². The van der Waals surface area contributed by atoms with Crippen LogP contribution in [0.15, 0.2) is 12.1 Å². The van der Waals surface area contributed by atoms with E-state index in [4.69, 9.17) is 27.9 Å². The third kappa shape index (κ3) is 5.30. The summed E-state index contributed by atoms with van der Waals surface area (Å²) in [4.78, 5) is 11.9. The molecule has 1 amide bonds. The first-order chi connectivity index (χ1) is 10.7. The van der Waals surface area contributed by atoms with Gasteiger partial charge in [-0.15, -0.1) is 0 Å². The van der Waals surface area contributed by atoms with Crippen molar-refractivity contribution in [1.82, 2.24) is 5.32 Å². The number of hydrogen-bond acceptors (Lipinski definition) is 3. The van der Waals surface area contributed by atoms with Crippen LogP contribution < -0.4 is 10.1 Å². The van der Waals surface area contributed by atoms with Crippen LogP contribution in [-0.2, 0) is 4.79 Å². The number of carbonyl (C=O) groups is 1. The van der Waals surface area contributed by atoms with Crippen molar-refractivity contribution in [3.63, 3.8) is 0 Å². The molecule has 0 saturated heterocycles. The van der Waals surface area contributed by atoms with E-state index in [0.717, 1.165) is 5.56 Å². The first kappa shape index (κ1) is 19.6. The molecule has 1 aromatic carbocycles. The Bertz CT molecular complexity index is 611. The molecule has 0 bridgehead atoms. The summed E-state index contributed by atoms with van der Waals surface area (Å²) in [5.74, 6) is 0.423. The number of hydrogen-bond donors (Lipinski definition) is 1. The van der Waals surface area contributed by atoms with Crippen LogP contribution in [-0.4, -0.2) is 18.1 Å². The standard InChI is InChI=1S/C17H22Cl2N2O2/c1-11(2)17(4,10-20)21-15(22)6-5-9-23-14-8-7-13(18)12(3)16(14)19/h7-8,11H,5-6,9H2,1-4H3,(H,21,22). The number of nitriles is 1. The molecule has 4 nitrogen and oxygen atoms in total. The Morgan fingerprint density at radius 2 is 2.09 bits per heavy atom. The molecule has 1 atom stereocenters. The average Bonchev–Trinajstić information content (AvgIpc) is 2.50. The molecule has 0 saturated carbocycles. The zero-order chi connectivity index (χ0) is 17.6. The number of benzene rings is 1. The van der Waals surface area contributed by atoms with Crippen molar-refractivity contribution in [2.75, 3.05) is 6.61 Å². The van der Waals surface area contributed by atoms with Crippen molar-refractivity contribution in [2.45, 2.75) is 46.1 Å². The van der Waals surface area contributed by atoms with Crippen molar-refractivity contribution < 1.29 is 9.53 Å². The maximum Gasteiger partial charge on any atom is 0.221 e. The van der Waals surface area contributed by atoms with Crippen LogP contribution in [0.25, 0.3) is 0 Å². The van der Waals surface area contributed by atoms with E-state index in [1.807, 2.05) is 20.8 Å². The highest BCUT2D eigenvalue weighted by molar-refractivity contribution is 6.36. The summed E-state index contributed by atoms with van der Waals surface area (Å²) < 4.78 is 5.59. The van der Waals surface area contributed by atoms with Crippen LogP contribution in [0.4, 0.5) is 0 Å². The van der Waals surface area contributed by atoms with E-state index in [9.17, 15) is 10.1 Å². The van der Waals surface area contributed by atoms with Gasteiger partial charge in [-0.25, -0.2) is 0 Å². The first-order valence-electron chi connectivity index (χ1n) is 7.51. The average molecular weight is 357 g/mol. The van der Waals surface area contributed by atoms with Gasteiger partial charge in [-0.2, -0.15) is 5.26 Å². The van der Waals surface area contributed by atoms with Gasteiger partial charge in [0.05, 0.1) is 17.7 Å². The van der Waals surface area contributed by atoms with Gasteiger partial charge in [-0.3, -0.25) is 4.79 Å². The van der Waals surface area contributed by atoms with Gasteiger partial charge in [-0.1, -0.05) is 37.0 Å². The molecule has 126 valence electrons. The van der Waals surface area contributed by atoms with E-state index in [2.05, 4.69) is 11.4 Å². The lowest BCUT2D eigenvalue weighted by Crippen LogP contribution is -2.48. The molecule has 0 fully saturated rings. The number of halogens is 2. The second-order valence-corrected chi connectivity index (χ2v) is 6.74. The Labute approximate surface area is 147 Å². The largest absolute Gasteiger partial charge is 0.492 e. The summed E-state index contributed by atoms with van der Waals surface area (Å²) in [6.07, 6.45) is 0.817. The quantitative estimate of drug-likeness (QED) is 0.730. The van der Waals surface area contributed by atoms with Crippen molar-refractivity contribution >= 4 is 29.1 Å². The Morgan fingerprint density at radius 3 is 2.65 bits per heavy atom. The Kier molecular flexibility index (Phi) is 7.18. The predicted octanol–water partition coefficient (Wildman–Crippen LogP) is 4.52. The molecule has 0 heterocycles. The summed E-state index contributed by atoms with van der Waals surface area (Å²) in [6, 6.07) is 5.59. The molecule has 1 N–H and O–H groups in total. The lowest BCUT2D eigenvalue weighted by atomic mass is 9.90. The van der Waals surface area contributed by atoms with Gasteiger partial charge in [0.15, 0.2) is 0 Å². The molecule has 6 heteroatoms. The zero-order valence-corrected chi connectivity index (χ0v) is 15.4. The topological polar surface area (TPSA) is 62.1 Å². The molecule has 0 aliphatic rings. The second-order valence-electron chi connectivity index (χ2n) is 5.95. The summed E-state index contributed by atoms with van der Waals surface area (Å²) in [7, 11) is 0. The fraction of sp³-hybridized carbons (Fsp3) is 0.529. The first-order valence-corrected chi connectivity index (χ1v) is 8.26. The van der Waals surface area contributed by atoms with Crippen LogP contribution in [0.3, 0.4) is 0 Å². The molecule has 1 unspecified atom stereocenters. The van der Waals surface area contributed by atoms with Gasteiger partial charge < -0.3 is 10.1 Å². The Hall–Kier alpha value is -1.44. The lowest BCUT2D eigenvalue weighted by molar-refractivity contribution is -0.122. The van der Waals surface area contributed by atoms with Crippen molar-refractivity contribution in [2.24, 2.45) is 5.92 Å². The summed E-state index contributed by atoms with van der Waals surface area (Å²) in [5, 5.41) is 13.0. The molecule has 0 radical (unpaired) electrons. The highest BCUT2D eigenvalue weighted by atomic mass is 35.5. The molecule has 1 aromatic rings. The highest BCUT2D eigenvalue weighted by Gasteiger charge is 2.29. The van der Waals surface area contributed by atoms with E-state index in [-0.39, 0.29) is 18.2 Å². The number of nitrogens with one attached hydrogen (secondary N) is 1. The summed E-state index contributed by atoms with van der Waals surface area (Å²) in [5.41, 5.74) is -0.0838. The third-order valence-electron chi connectivity index (χ3n) is 3.88. The minimum absolute atomic E-state index is 0.0311. The second kappa shape index (κ2) is 8.42. The third-order valence-corrected chi connectivity index (χ3v) is 4.76. The molecule has 23 heavy (non-hydrogen) atoms. The Balaban J connectivity index is 2.45. The highest BCUT2D eigenvalue weighted by Crippen LogP contribution is 2.32. The van der Waals surface area contributed by atoms with E-state index >= 15 is 0 Å². The van der Waals surface area contributed by atoms with Gasteiger partial charge in [-0.05, 0) is 43.9 Å². The van der Waals surface area contributed by atoms with Crippen LogP contribution in [0.5, 0.6) is 5.75 Å². The maximum absolute atomic E-state index is 11.9. The van der Waals surface area contributed by atoms with Crippen LogP contribution in [0.2, 0.25) is 10.0 Å². The number of amides is 1. The molecule has 0 aliphatic heterocycles. The van der Waals surface area contributed by atoms with Gasteiger partial charge in [0, 0.05) is 11.4 Å². The molecular formula is C17H22Cl2N2O2. The number of rotatable bonds is 7. The molecule has 1 rings (SSSR count). The van der Waals surface area contributed by atoms with E-state index in [0.29, 0.717) is 28.8 Å². The number of carbonyl (C=O) groups excluding carboxylic acids is 1. The minimum Gasteiger partial charge on any atom is -0.492 e. The van der Waals surface area contributed by atoms with E-state index in [1.54, 1.807) is 19.1 Å². The molecule has 0 spiro atoms. The van der Waals surface area contributed by atoms with Crippen molar-refractivity contribution in [3.8, 4) is 11.8 Å². The van der Waals surface area contributed by atoms with Crippen molar-refractivity contribution in [1.29, 1.82) is 5.26 Å². The van der Waals surface area contributed by atoms with Crippen LogP contribution in [0, 0.1) is 24.2 Å². The SMILES string of the molecule is Cc1c(Cl)ccc(OCCCC(=O)NC(C)(C#N)C(C)C)c1Cl. The number of ether oxygens (including phenoxy) is 1. The van der Waals surface area contributed by atoms with E-state index in [1.165, 1.54) is 0 Å². The zero-order valence-electron chi connectivity index (χ0n) is 13.9. The van der Waals surface area contributed by atoms with E-state index < -0.39 is 5.54 Å². The maximum atomic E-state index is 11.9. The lowest BCUT2D eigenvalue weighted by Gasteiger charge is -2.27. The monoisotopic (exact) mass is 356 g/mol. The van der Waals surface area contributed by atoms with Gasteiger partial charge in [0.2, 0.25) is 5.91 Å². The molecular weight excluding hydrogens is 335 g/mol. The smallest absolute Gasteiger partial charge is 0.221 e. The summed E-state index contributed by atoms with van der Waals surface area (Å²) in [6.45, 7) is 7.70. The fourth-order valence-electron chi connectivity index (χ4n) is 1.82. The van der Waals surface area contributed by atoms with Crippen LogP contribution in [0.1, 0.15) is 39.2 Å². The van der Waals surface area contributed by atoms with Crippen molar-refractivity contribution in [3.05, 3.63) is 27.7 Å². The fourth-order valence-corrected chi connectivity index (χ4v) is 2.24. The molecule has 0 aromatic heterocycles. The molecule has 0 aliphatic carbocycles. The normalized spacial score (nSPS) is 13.3. The Morgan fingerprint density at radius 1 is 1.43 bits per heavy atom. The number of nitrogens with zero attached hydrogens (tertiary/aromatic N) is 1.